The van der Waals surface area contributed by atoms with Crippen LogP contribution < -0.4 is 0 Å². The lowest BCUT2D eigenvalue weighted by Gasteiger charge is -2.17. The predicted molar refractivity (Wildman–Crippen MR) is 71.9 cm³/mol. The molecule has 0 unspecified atom stereocenters. The summed E-state index contributed by atoms with van der Waals surface area (Å²) in [4.78, 5) is 0. The van der Waals surface area contributed by atoms with Crippen molar-refractivity contribution in [1.82, 2.24) is 0 Å². The third-order valence-corrected chi connectivity index (χ3v) is 3.22. The van der Waals surface area contributed by atoms with E-state index in [0.29, 0.717) is 0 Å². The van der Waals surface area contributed by atoms with E-state index in [4.69, 9.17) is 23.2 Å². The normalized spacial score (nSPS) is 12.0. The van der Waals surface area contributed by atoms with Crippen LogP contribution in [0.15, 0.2) is 36.4 Å². The van der Waals surface area contributed by atoms with Crippen molar-refractivity contribution in [1.29, 1.82) is 0 Å². The van der Waals surface area contributed by atoms with Gasteiger partial charge in [0, 0.05) is 21.2 Å². The SMILES string of the molecule is FC(F)c1cccc(C(F)(F)F)c1-c1cc(Cl)cc(Cl)c1. The third-order valence-electron chi connectivity index (χ3n) is 2.79. The van der Waals surface area contributed by atoms with Crippen molar-refractivity contribution in [2.45, 2.75) is 12.6 Å². The zero-order valence-corrected chi connectivity index (χ0v) is 11.7. The van der Waals surface area contributed by atoms with Crippen LogP contribution in [0.1, 0.15) is 17.6 Å². The molecule has 2 aromatic rings. The number of hydrogen-bond donors (Lipinski definition) is 0. The van der Waals surface area contributed by atoms with E-state index in [-0.39, 0.29) is 15.6 Å². The van der Waals surface area contributed by atoms with Crippen molar-refractivity contribution in [3.05, 3.63) is 57.6 Å². The van der Waals surface area contributed by atoms with Crippen molar-refractivity contribution in [3.8, 4) is 11.1 Å². The standard InChI is InChI=1S/C14H7Cl2F5/c15-8-4-7(5-9(16)6-8)12-10(13(17)18)2-1-3-11(12)14(19,20)21/h1-6,13H. The van der Waals surface area contributed by atoms with Crippen LogP contribution in [0.25, 0.3) is 11.1 Å². The van der Waals surface area contributed by atoms with Gasteiger partial charge in [0.25, 0.3) is 6.43 Å². The largest absolute Gasteiger partial charge is 0.417 e. The van der Waals surface area contributed by atoms with E-state index in [9.17, 15) is 22.0 Å². The summed E-state index contributed by atoms with van der Waals surface area (Å²) in [5.41, 5.74) is -2.58. The summed E-state index contributed by atoms with van der Waals surface area (Å²) in [5, 5.41) is 0.129. The van der Waals surface area contributed by atoms with Gasteiger partial charge in [-0.25, -0.2) is 8.78 Å². The molecule has 0 amide bonds. The number of alkyl halides is 5. The average Bonchev–Trinajstić information content (AvgIpc) is 2.35. The van der Waals surface area contributed by atoms with Gasteiger partial charge in [-0.1, -0.05) is 35.3 Å². The van der Waals surface area contributed by atoms with Gasteiger partial charge >= 0.3 is 6.18 Å². The minimum absolute atomic E-state index is 0.0645. The summed E-state index contributed by atoms with van der Waals surface area (Å²) < 4.78 is 65.3. The van der Waals surface area contributed by atoms with E-state index >= 15 is 0 Å². The van der Waals surface area contributed by atoms with Gasteiger partial charge in [0.05, 0.1) is 5.56 Å². The van der Waals surface area contributed by atoms with E-state index < -0.39 is 29.3 Å². The van der Waals surface area contributed by atoms with Gasteiger partial charge in [0.2, 0.25) is 0 Å². The second kappa shape index (κ2) is 5.81. The molecule has 0 N–H and O–H groups in total. The first-order chi connectivity index (χ1) is 9.70. The third kappa shape index (κ3) is 3.47. The lowest BCUT2D eigenvalue weighted by Crippen LogP contribution is -2.09. The average molecular weight is 341 g/mol. The molecule has 112 valence electrons. The fourth-order valence-electron chi connectivity index (χ4n) is 2.01. The maximum absolute atomic E-state index is 13.1. The van der Waals surface area contributed by atoms with Gasteiger partial charge in [-0.2, -0.15) is 13.2 Å². The second-order valence-corrected chi connectivity index (χ2v) is 5.10. The fourth-order valence-corrected chi connectivity index (χ4v) is 2.53. The Bertz CT molecular complexity index is 645. The van der Waals surface area contributed by atoms with Gasteiger partial charge in [0.15, 0.2) is 0 Å². The zero-order chi connectivity index (χ0) is 15.8. The highest BCUT2D eigenvalue weighted by atomic mass is 35.5. The summed E-state index contributed by atoms with van der Waals surface area (Å²) in [5.74, 6) is 0. The molecule has 0 spiro atoms. The zero-order valence-electron chi connectivity index (χ0n) is 10.2. The minimum atomic E-state index is -4.77. The molecule has 0 bridgehead atoms. The fraction of sp³-hybridized carbons (Fsp3) is 0.143. The van der Waals surface area contributed by atoms with Gasteiger partial charge in [0.1, 0.15) is 0 Å². The Morgan fingerprint density at radius 3 is 1.95 bits per heavy atom. The van der Waals surface area contributed by atoms with Crippen LogP contribution in [0.3, 0.4) is 0 Å². The summed E-state index contributed by atoms with van der Waals surface area (Å²) >= 11 is 11.5. The Kier molecular flexibility index (Phi) is 4.44. The summed E-state index contributed by atoms with van der Waals surface area (Å²) in [6.45, 7) is 0. The molecule has 0 aliphatic heterocycles. The smallest absolute Gasteiger partial charge is 0.205 e. The molecule has 0 saturated heterocycles. The molecule has 2 rings (SSSR count). The Morgan fingerprint density at radius 2 is 1.48 bits per heavy atom. The van der Waals surface area contributed by atoms with Crippen LogP contribution in [0.4, 0.5) is 22.0 Å². The molecule has 7 heteroatoms. The quantitative estimate of drug-likeness (QED) is 0.539. The Hall–Kier alpha value is -1.33. The van der Waals surface area contributed by atoms with Crippen LogP contribution >= 0.6 is 23.2 Å². The van der Waals surface area contributed by atoms with E-state index in [1.807, 2.05) is 0 Å². The van der Waals surface area contributed by atoms with E-state index in [1.54, 1.807) is 0 Å². The molecule has 0 heterocycles. The first kappa shape index (κ1) is 16.0. The number of rotatable bonds is 2. The van der Waals surface area contributed by atoms with Gasteiger partial charge in [-0.3, -0.25) is 0 Å². The summed E-state index contributed by atoms with van der Waals surface area (Å²) in [7, 11) is 0. The number of hydrogen-bond acceptors (Lipinski definition) is 0. The molecule has 0 nitrogen and oxygen atoms in total. The van der Waals surface area contributed by atoms with Crippen LogP contribution in [0.5, 0.6) is 0 Å². The highest BCUT2D eigenvalue weighted by Gasteiger charge is 2.35. The van der Waals surface area contributed by atoms with E-state index in [2.05, 4.69) is 0 Å². The van der Waals surface area contributed by atoms with E-state index in [0.717, 1.165) is 18.2 Å². The number of halogens is 7. The van der Waals surface area contributed by atoms with Crippen LogP contribution in [0, 0.1) is 0 Å². The van der Waals surface area contributed by atoms with Crippen molar-refractivity contribution in [3.63, 3.8) is 0 Å². The molecule has 0 atom stereocenters. The maximum atomic E-state index is 13.1. The molecule has 0 radical (unpaired) electrons. The van der Waals surface area contributed by atoms with Crippen LogP contribution in [-0.2, 0) is 6.18 Å². The minimum Gasteiger partial charge on any atom is -0.205 e. The first-order valence-corrected chi connectivity index (χ1v) is 6.40. The van der Waals surface area contributed by atoms with Crippen molar-refractivity contribution in [2.24, 2.45) is 0 Å². The summed E-state index contributed by atoms with van der Waals surface area (Å²) in [6.07, 6.45) is -7.82. The first-order valence-electron chi connectivity index (χ1n) is 5.65. The van der Waals surface area contributed by atoms with Gasteiger partial charge in [-0.05, 0) is 29.8 Å². The number of benzene rings is 2. The predicted octanol–water partition coefficient (Wildman–Crippen LogP) is 6.62. The summed E-state index contributed by atoms with van der Waals surface area (Å²) in [6, 6.07) is 6.29. The van der Waals surface area contributed by atoms with Crippen molar-refractivity contribution >= 4 is 23.2 Å². The second-order valence-electron chi connectivity index (χ2n) is 4.23. The molecular weight excluding hydrogens is 334 g/mol. The molecule has 0 aliphatic carbocycles. The lowest BCUT2D eigenvalue weighted by molar-refractivity contribution is -0.137. The lowest BCUT2D eigenvalue weighted by atomic mass is 9.94. The molecule has 21 heavy (non-hydrogen) atoms. The molecule has 0 aliphatic rings. The highest BCUT2D eigenvalue weighted by Crippen LogP contribution is 2.42. The van der Waals surface area contributed by atoms with Crippen LogP contribution in [-0.4, -0.2) is 0 Å². The molecule has 0 aromatic heterocycles. The van der Waals surface area contributed by atoms with Crippen molar-refractivity contribution in [2.75, 3.05) is 0 Å². The Labute approximate surface area is 127 Å². The van der Waals surface area contributed by atoms with Gasteiger partial charge in [-0.15, -0.1) is 0 Å². The van der Waals surface area contributed by atoms with Crippen molar-refractivity contribution < 1.29 is 22.0 Å². The van der Waals surface area contributed by atoms with Crippen LogP contribution in [0.2, 0.25) is 10.0 Å². The monoisotopic (exact) mass is 340 g/mol. The van der Waals surface area contributed by atoms with Gasteiger partial charge < -0.3 is 0 Å². The highest BCUT2D eigenvalue weighted by molar-refractivity contribution is 6.35. The molecule has 0 fully saturated rings. The Morgan fingerprint density at radius 1 is 0.905 bits per heavy atom. The van der Waals surface area contributed by atoms with E-state index in [1.165, 1.54) is 18.2 Å². The molecular formula is C14H7Cl2F5. The topological polar surface area (TPSA) is 0 Å². The maximum Gasteiger partial charge on any atom is 0.417 e. The molecule has 2 aromatic carbocycles. The Balaban J connectivity index is 2.81. The molecule has 0 saturated carbocycles.